The third kappa shape index (κ3) is 13.8. The summed E-state index contributed by atoms with van der Waals surface area (Å²) in [6, 6.07) is 17.3. The predicted octanol–water partition coefficient (Wildman–Crippen LogP) is 8.97. The summed E-state index contributed by atoms with van der Waals surface area (Å²) in [5.41, 5.74) is 8.70. The number of aliphatic hydroxyl groups is 1. The summed E-state index contributed by atoms with van der Waals surface area (Å²) in [6.45, 7) is 18.0. The molecule has 0 fully saturated rings. The van der Waals surface area contributed by atoms with Crippen LogP contribution in [0.4, 0.5) is 0 Å². The molecule has 0 unspecified atom stereocenters. The number of hydrogen-bond acceptors (Lipinski definition) is 4. The molecule has 0 spiro atoms. The van der Waals surface area contributed by atoms with Gasteiger partial charge in [-0.2, -0.15) is 4.91 Å². The number of benzene rings is 2. The fourth-order valence-electron chi connectivity index (χ4n) is 3.42. The van der Waals surface area contributed by atoms with Crippen molar-refractivity contribution < 1.29 is 5.11 Å². The molecule has 0 heterocycles. The van der Waals surface area contributed by atoms with Crippen molar-refractivity contribution in [3.63, 3.8) is 0 Å². The van der Waals surface area contributed by atoms with Crippen molar-refractivity contribution in [3.8, 4) is 11.1 Å². The molecule has 0 bridgehead atoms. The van der Waals surface area contributed by atoms with E-state index in [1.807, 2.05) is 13.8 Å². The Morgan fingerprint density at radius 2 is 1.56 bits per heavy atom. The third-order valence-corrected chi connectivity index (χ3v) is 5.23. The molecule has 0 aromatic heterocycles. The Labute approximate surface area is 221 Å². The second-order valence-corrected chi connectivity index (χ2v) is 7.87. The Morgan fingerprint density at radius 3 is 2.06 bits per heavy atom. The standard InChI is InChI=1S/C23H25N.C5H12.C2H6.CH3NO.CH4O/c1-4-14-24-18(3)23-16-22-15-21(19-8-6-5-7-9-19)13-12-20(22)11-10-17(23)2;1-3-5-4-2;1-2;1-2-3;1-2/h5-10,12-13,15-16,24H,3-4,11,14H2,1-2H3;3-5H2,1-2H3;1-2H3;1H3;2H,1H3. The van der Waals surface area contributed by atoms with Crippen molar-refractivity contribution in [1.29, 1.82) is 0 Å². The highest BCUT2D eigenvalue weighted by molar-refractivity contribution is 5.73. The average Bonchev–Trinajstić information content (AvgIpc) is 3.09. The molecular formula is C32H50N2O2. The molecule has 36 heavy (non-hydrogen) atoms. The molecule has 0 saturated heterocycles. The van der Waals surface area contributed by atoms with Crippen LogP contribution >= 0.6 is 0 Å². The number of aliphatic hydroxyl groups excluding tert-OH is 1. The molecule has 2 aromatic rings. The Kier molecular flexibility index (Phi) is 23.2. The molecule has 2 N–H and O–H groups in total. The zero-order chi connectivity index (χ0) is 27.8. The summed E-state index contributed by atoms with van der Waals surface area (Å²) in [4.78, 5) is 8.56. The van der Waals surface area contributed by atoms with Crippen molar-refractivity contribution in [2.24, 2.45) is 5.18 Å². The number of allylic oxidation sites excluding steroid dienone is 2. The van der Waals surface area contributed by atoms with Gasteiger partial charge in [-0.3, -0.25) is 0 Å². The topological polar surface area (TPSA) is 61.7 Å². The summed E-state index contributed by atoms with van der Waals surface area (Å²) < 4.78 is 0. The van der Waals surface area contributed by atoms with E-state index in [9.17, 15) is 0 Å². The molecule has 1 aliphatic rings. The van der Waals surface area contributed by atoms with Crippen LogP contribution in [0.5, 0.6) is 0 Å². The van der Waals surface area contributed by atoms with Crippen LogP contribution in [0.15, 0.2) is 83.2 Å². The number of nitroso groups, excluding NO2 is 1. The summed E-state index contributed by atoms with van der Waals surface area (Å²) in [6.07, 6.45) is 10.7. The monoisotopic (exact) mass is 494 g/mol. The molecule has 4 nitrogen and oxygen atoms in total. The van der Waals surface area contributed by atoms with E-state index in [1.165, 1.54) is 59.7 Å². The minimum absolute atomic E-state index is 0.959. The van der Waals surface area contributed by atoms with Gasteiger partial charge in [-0.25, -0.2) is 0 Å². The van der Waals surface area contributed by atoms with Crippen LogP contribution in [0.3, 0.4) is 0 Å². The molecule has 1 aliphatic carbocycles. The van der Waals surface area contributed by atoms with Gasteiger partial charge in [0.2, 0.25) is 0 Å². The lowest BCUT2D eigenvalue weighted by atomic mass is 9.97. The van der Waals surface area contributed by atoms with Crippen LogP contribution in [0.1, 0.15) is 78.4 Å². The summed E-state index contributed by atoms with van der Waals surface area (Å²) in [7, 11) is 2.19. The molecule has 0 radical (unpaired) electrons. The molecule has 0 saturated carbocycles. The van der Waals surface area contributed by atoms with Crippen LogP contribution in [0.25, 0.3) is 17.2 Å². The van der Waals surface area contributed by atoms with Crippen molar-refractivity contribution in [1.82, 2.24) is 5.32 Å². The lowest BCUT2D eigenvalue weighted by Crippen LogP contribution is -2.15. The van der Waals surface area contributed by atoms with E-state index in [0.717, 1.165) is 32.2 Å². The van der Waals surface area contributed by atoms with E-state index in [-0.39, 0.29) is 0 Å². The van der Waals surface area contributed by atoms with Gasteiger partial charge in [0.25, 0.3) is 0 Å². The molecule has 0 amide bonds. The van der Waals surface area contributed by atoms with E-state index >= 15 is 0 Å². The molecule has 2 aromatic carbocycles. The Bertz CT molecular complexity index is 898. The van der Waals surface area contributed by atoms with E-state index in [4.69, 9.17) is 10.0 Å². The van der Waals surface area contributed by atoms with Gasteiger partial charge in [-0.15, -0.1) is 0 Å². The Balaban J connectivity index is 0. The first-order valence-corrected chi connectivity index (χ1v) is 13.2. The van der Waals surface area contributed by atoms with E-state index < -0.39 is 0 Å². The normalized spacial score (nSPS) is 10.8. The summed E-state index contributed by atoms with van der Waals surface area (Å²) in [5.74, 6) is 0. The Morgan fingerprint density at radius 1 is 0.972 bits per heavy atom. The second kappa shape index (κ2) is 23.7. The van der Waals surface area contributed by atoms with Gasteiger partial charge in [0.05, 0.1) is 7.05 Å². The van der Waals surface area contributed by atoms with Crippen LogP contribution < -0.4 is 5.32 Å². The maximum atomic E-state index is 8.56. The highest BCUT2D eigenvalue weighted by Crippen LogP contribution is 2.30. The van der Waals surface area contributed by atoms with Crippen LogP contribution in [-0.4, -0.2) is 25.8 Å². The predicted molar refractivity (Wildman–Crippen MR) is 161 cm³/mol. The van der Waals surface area contributed by atoms with E-state index in [1.54, 1.807) is 0 Å². The number of fused-ring (bicyclic) bond motifs is 1. The first-order chi connectivity index (χ1) is 17.5. The highest BCUT2D eigenvalue weighted by atomic mass is 16.2. The van der Waals surface area contributed by atoms with E-state index in [2.05, 4.69) is 105 Å². The van der Waals surface area contributed by atoms with Crippen molar-refractivity contribution in [2.75, 3.05) is 20.7 Å². The van der Waals surface area contributed by atoms with Crippen molar-refractivity contribution >= 4 is 6.08 Å². The SMILES string of the molecule is C=C(NCCC)C1=Cc2cc(-c3ccccc3)ccc2CC=C1C.CC.CCCCC.CN=O.CO. The van der Waals surface area contributed by atoms with Gasteiger partial charge in [-0.05, 0) is 59.7 Å². The maximum Gasteiger partial charge on any atom is 0.0700 e. The number of rotatable bonds is 7. The van der Waals surface area contributed by atoms with Gasteiger partial charge in [0, 0.05) is 24.9 Å². The Hall–Kier alpha value is -2.98. The van der Waals surface area contributed by atoms with Crippen LogP contribution in [0, 0.1) is 4.91 Å². The lowest BCUT2D eigenvalue weighted by molar-refractivity contribution is 0.399. The minimum Gasteiger partial charge on any atom is -0.400 e. The first-order valence-electron chi connectivity index (χ1n) is 13.2. The van der Waals surface area contributed by atoms with Gasteiger partial charge < -0.3 is 10.4 Å². The largest absolute Gasteiger partial charge is 0.400 e. The molecular weight excluding hydrogens is 444 g/mol. The van der Waals surface area contributed by atoms with Gasteiger partial charge >= 0.3 is 0 Å². The fourth-order valence-corrected chi connectivity index (χ4v) is 3.42. The number of unbranched alkanes of at least 4 members (excludes halogenated alkanes) is 2. The zero-order valence-corrected chi connectivity index (χ0v) is 24.0. The summed E-state index contributed by atoms with van der Waals surface area (Å²) >= 11 is 0. The molecule has 3 rings (SSSR count). The highest BCUT2D eigenvalue weighted by Gasteiger charge is 2.12. The van der Waals surface area contributed by atoms with Crippen molar-refractivity contribution in [3.05, 3.63) is 94.1 Å². The van der Waals surface area contributed by atoms with Gasteiger partial charge in [0.1, 0.15) is 0 Å². The third-order valence-electron chi connectivity index (χ3n) is 5.23. The lowest BCUT2D eigenvalue weighted by Gasteiger charge is -2.13. The molecule has 0 atom stereocenters. The maximum absolute atomic E-state index is 8.56. The smallest absolute Gasteiger partial charge is 0.0700 e. The fraction of sp³-hybridized carbons (Fsp3) is 0.438. The summed E-state index contributed by atoms with van der Waals surface area (Å²) in [5, 5.41) is 12.7. The molecule has 4 heteroatoms. The second-order valence-electron chi connectivity index (χ2n) is 7.87. The molecule has 200 valence electrons. The minimum atomic E-state index is 0.959. The quantitative estimate of drug-likeness (QED) is 0.378. The van der Waals surface area contributed by atoms with Crippen LogP contribution in [-0.2, 0) is 6.42 Å². The van der Waals surface area contributed by atoms with Crippen LogP contribution in [0.2, 0.25) is 0 Å². The number of hydrogen-bond donors (Lipinski definition) is 2. The number of nitrogens with one attached hydrogen (secondary N) is 1. The number of nitrogens with zero attached hydrogens (tertiary/aromatic N) is 1. The van der Waals surface area contributed by atoms with Gasteiger partial charge in [0.15, 0.2) is 0 Å². The van der Waals surface area contributed by atoms with Gasteiger partial charge in [-0.1, -0.05) is 114 Å². The first kappa shape index (κ1) is 35.2. The average molecular weight is 495 g/mol. The van der Waals surface area contributed by atoms with E-state index in [0.29, 0.717) is 0 Å². The molecule has 0 aliphatic heterocycles. The zero-order valence-electron chi connectivity index (χ0n) is 24.0. The van der Waals surface area contributed by atoms with Crippen molar-refractivity contribution in [2.45, 2.75) is 73.6 Å².